The lowest BCUT2D eigenvalue weighted by Gasteiger charge is -2.31. The molecule has 1 aliphatic rings. The summed E-state index contributed by atoms with van der Waals surface area (Å²) in [7, 11) is 0. The van der Waals surface area contributed by atoms with Crippen molar-refractivity contribution in [1.29, 1.82) is 0 Å². The fourth-order valence-electron chi connectivity index (χ4n) is 5.29. The highest BCUT2D eigenvalue weighted by Crippen LogP contribution is 2.32. The monoisotopic (exact) mass is 511 g/mol. The van der Waals surface area contributed by atoms with Gasteiger partial charge < -0.3 is 24.6 Å². The highest BCUT2D eigenvalue weighted by molar-refractivity contribution is 5.69. The Morgan fingerprint density at radius 3 is 2.46 bits per heavy atom. The second kappa shape index (κ2) is 13.9. The van der Waals surface area contributed by atoms with Gasteiger partial charge in [-0.15, -0.1) is 0 Å². The molecule has 0 heterocycles. The number of benzene rings is 2. The number of hydrogen-bond acceptors (Lipinski definition) is 6. The maximum Gasteiger partial charge on any atom is 0.306 e. The van der Waals surface area contributed by atoms with Gasteiger partial charge in [-0.05, 0) is 101 Å². The maximum absolute atomic E-state index is 11.9. The van der Waals surface area contributed by atoms with Crippen LogP contribution in [0, 0.1) is 5.92 Å². The summed E-state index contributed by atoms with van der Waals surface area (Å²) in [6.45, 7) is 11.8. The number of β-amino-alcohol motifs (C(OH)–C–C–N with tert-alkyl or cyclic N) is 1. The highest BCUT2D eigenvalue weighted by atomic mass is 16.5. The topological polar surface area (TPSA) is 77.0 Å². The van der Waals surface area contributed by atoms with E-state index < -0.39 is 6.10 Å². The van der Waals surface area contributed by atoms with Gasteiger partial charge >= 0.3 is 5.97 Å². The van der Waals surface area contributed by atoms with Gasteiger partial charge in [0.15, 0.2) is 0 Å². The molecule has 1 aliphatic carbocycles. The molecule has 0 bridgehead atoms. The van der Waals surface area contributed by atoms with E-state index in [1.165, 1.54) is 11.1 Å². The number of fused-ring (bicyclic) bond motifs is 1. The standard InChI is InChI=1S/C31H45NO5/c1-6-35-28-14-12-24(13-15-30(34)36-7-2)29(18-28)22(3)37-21-27(33)20-32-31(4,5)19-23-16-25-10-8-9-11-26(25)17-23/h8-12,14,18,22-23,27,32-33H,6-7,13,15-17,19-21H2,1-5H3/t22?,27-/m1/s1. The fourth-order valence-corrected chi connectivity index (χ4v) is 5.29. The average molecular weight is 512 g/mol. The van der Waals surface area contributed by atoms with E-state index in [2.05, 4.69) is 43.4 Å². The summed E-state index contributed by atoms with van der Waals surface area (Å²) < 4.78 is 16.9. The van der Waals surface area contributed by atoms with Crippen LogP contribution in [0.2, 0.25) is 0 Å². The molecule has 2 aromatic rings. The summed E-state index contributed by atoms with van der Waals surface area (Å²) in [4.78, 5) is 11.9. The Morgan fingerprint density at radius 1 is 1.11 bits per heavy atom. The van der Waals surface area contributed by atoms with Gasteiger partial charge in [0.2, 0.25) is 0 Å². The molecule has 1 unspecified atom stereocenters. The smallest absolute Gasteiger partial charge is 0.306 e. The molecule has 0 fully saturated rings. The van der Waals surface area contributed by atoms with Crippen LogP contribution < -0.4 is 10.1 Å². The zero-order chi connectivity index (χ0) is 26.8. The molecule has 0 amide bonds. The quantitative estimate of drug-likeness (QED) is 0.321. The van der Waals surface area contributed by atoms with E-state index >= 15 is 0 Å². The Morgan fingerprint density at radius 2 is 1.81 bits per heavy atom. The number of aliphatic hydroxyl groups excluding tert-OH is 1. The van der Waals surface area contributed by atoms with Crippen molar-refractivity contribution in [3.8, 4) is 5.75 Å². The number of ether oxygens (including phenoxy) is 3. The van der Waals surface area contributed by atoms with Crippen molar-refractivity contribution < 1.29 is 24.1 Å². The van der Waals surface area contributed by atoms with Crippen LogP contribution in [0.4, 0.5) is 0 Å². The van der Waals surface area contributed by atoms with Gasteiger partial charge in [-0.3, -0.25) is 4.79 Å². The molecule has 0 spiro atoms. The molecule has 0 saturated heterocycles. The summed E-state index contributed by atoms with van der Waals surface area (Å²) >= 11 is 0. The first-order chi connectivity index (χ1) is 17.7. The van der Waals surface area contributed by atoms with Crippen LogP contribution in [-0.2, 0) is 33.5 Å². The van der Waals surface area contributed by atoms with Gasteiger partial charge in [0, 0.05) is 18.5 Å². The third kappa shape index (κ3) is 9.13. The van der Waals surface area contributed by atoms with Gasteiger partial charge in [0.25, 0.3) is 0 Å². The zero-order valence-corrected chi connectivity index (χ0v) is 23.2. The number of carbonyl (C=O) groups excluding carboxylic acids is 1. The van der Waals surface area contributed by atoms with Crippen LogP contribution >= 0.6 is 0 Å². The van der Waals surface area contributed by atoms with E-state index in [1.54, 1.807) is 0 Å². The summed E-state index contributed by atoms with van der Waals surface area (Å²) in [5, 5.41) is 14.2. The van der Waals surface area contributed by atoms with Crippen molar-refractivity contribution in [2.24, 2.45) is 5.92 Å². The lowest BCUT2D eigenvalue weighted by Crippen LogP contribution is -2.45. The van der Waals surface area contributed by atoms with Crippen molar-refractivity contribution >= 4 is 5.97 Å². The fraction of sp³-hybridized carbons (Fsp3) is 0.581. The lowest BCUT2D eigenvalue weighted by atomic mass is 9.88. The minimum absolute atomic E-state index is 0.0780. The van der Waals surface area contributed by atoms with Crippen LogP contribution in [0.1, 0.15) is 75.8 Å². The van der Waals surface area contributed by atoms with Crippen LogP contribution in [0.25, 0.3) is 0 Å². The largest absolute Gasteiger partial charge is 0.494 e. The number of aliphatic hydroxyl groups is 1. The van der Waals surface area contributed by atoms with Gasteiger partial charge in [-0.25, -0.2) is 0 Å². The van der Waals surface area contributed by atoms with Crippen molar-refractivity contribution in [2.75, 3.05) is 26.4 Å². The number of esters is 1. The SMILES string of the molecule is CCOC(=O)CCc1ccc(OCC)cc1C(C)OC[C@H](O)CNC(C)(C)CC1Cc2ccccc2C1. The summed E-state index contributed by atoms with van der Waals surface area (Å²) in [6.07, 6.45) is 3.32. The Labute approximate surface area is 222 Å². The highest BCUT2D eigenvalue weighted by Gasteiger charge is 2.28. The molecule has 0 aliphatic heterocycles. The van der Waals surface area contributed by atoms with E-state index in [0.717, 1.165) is 36.1 Å². The van der Waals surface area contributed by atoms with E-state index in [4.69, 9.17) is 14.2 Å². The van der Waals surface area contributed by atoms with Gasteiger partial charge in [-0.2, -0.15) is 0 Å². The van der Waals surface area contributed by atoms with Crippen LogP contribution in [-0.4, -0.2) is 49.1 Å². The molecule has 204 valence electrons. The molecule has 6 heteroatoms. The average Bonchev–Trinajstić information content (AvgIpc) is 3.27. The predicted octanol–water partition coefficient (Wildman–Crippen LogP) is 5.19. The normalized spacial score (nSPS) is 15.3. The third-order valence-electron chi connectivity index (χ3n) is 7.06. The Kier molecular flexibility index (Phi) is 11.0. The molecule has 3 rings (SSSR count). The van der Waals surface area contributed by atoms with Gasteiger partial charge in [0.05, 0.1) is 32.0 Å². The molecule has 0 saturated carbocycles. The Bertz CT molecular complexity index is 980. The summed E-state index contributed by atoms with van der Waals surface area (Å²) in [5.74, 6) is 1.19. The Hall–Kier alpha value is -2.41. The number of rotatable bonds is 15. The first-order valence-electron chi connectivity index (χ1n) is 13.7. The van der Waals surface area contributed by atoms with E-state index in [9.17, 15) is 9.90 Å². The summed E-state index contributed by atoms with van der Waals surface area (Å²) in [5.41, 5.74) is 4.86. The molecule has 2 aromatic carbocycles. The predicted molar refractivity (Wildman–Crippen MR) is 147 cm³/mol. The number of hydrogen-bond donors (Lipinski definition) is 2. The maximum atomic E-state index is 11.9. The minimum atomic E-state index is -0.624. The first-order valence-corrected chi connectivity index (χ1v) is 13.7. The molecule has 0 aromatic heterocycles. The first kappa shape index (κ1) is 29.2. The van der Waals surface area contributed by atoms with Crippen molar-refractivity contribution in [1.82, 2.24) is 5.32 Å². The van der Waals surface area contributed by atoms with Crippen LogP contribution in [0.3, 0.4) is 0 Å². The summed E-state index contributed by atoms with van der Waals surface area (Å²) in [6, 6.07) is 14.6. The molecule has 0 radical (unpaired) electrons. The van der Waals surface area contributed by atoms with E-state index in [0.29, 0.717) is 38.5 Å². The number of aryl methyl sites for hydroxylation is 1. The Balaban J connectivity index is 1.50. The molecule has 2 N–H and O–H groups in total. The lowest BCUT2D eigenvalue weighted by molar-refractivity contribution is -0.143. The molecular formula is C31H45NO5. The molecule has 37 heavy (non-hydrogen) atoms. The molecule has 6 nitrogen and oxygen atoms in total. The van der Waals surface area contributed by atoms with Gasteiger partial charge in [-0.1, -0.05) is 30.3 Å². The van der Waals surface area contributed by atoms with Crippen molar-refractivity contribution in [3.05, 3.63) is 64.7 Å². The van der Waals surface area contributed by atoms with E-state index in [1.807, 2.05) is 39.0 Å². The van der Waals surface area contributed by atoms with Crippen LogP contribution in [0.5, 0.6) is 5.75 Å². The number of carbonyl (C=O) groups is 1. The van der Waals surface area contributed by atoms with E-state index in [-0.39, 0.29) is 24.2 Å². The minimum Gasteiger partial charge on any atom is -0.494 e. The van der Waals surface area contributed by atoms with Crippen molar-refractivity contribution in [3.63, 3.8) is 0 Å². The van der Waals surface area contributed by atoms with Crippen LogP contribution in [0.15, 0.2) is 42.5 Å². The number of nitrogens with one attached hydrogen (secondary N) is 1. The van der Waals surface area contributed by atoms with Crippen molar-refractivity contribution in [2.45, 2.75) is 84.5 Å². The molecular weight excluding hydrogens is 466 g/mol. The van der Waals surface area contributed by atoms with Gasteiger partial charge in [0.1, 0.15) is 5.75 Å². The molecule has 2 atom stereocenters. The third-order valence-corrected chi connectivity index (χ3v) is 7.06. The zero-order valence-electron chi connectivity index (χ0n) is 23.2. The second-order valence-corrected chi connectivity index (χ2v) is 10.7. The second-order valence-electron chi connectivity index (χ2n) is 10.7.